The SMILES string of the molecule is C=C(NSc1c(CCCCC)ccc(-c2cccc(C)c2)c1C)C(C)N. The third kappa shape index (κ3) is 5.39. The quantitative estimate of drug-likeness (QED) is 0.411. The Labute approximate surface area is 163 Å². The van der Waals surface area contributed by atoms with Crippen LogP contribution in [-0.2, 0) is 6.42 Å². The third-order valence-electron chi connectivity index (χ3n) is 4.70. The summed E-state index contributed by atoms with van der Waals surface area (Å²) in [6.07, 6.45) is 4.84. The fraction of sp³-hybridized carbons (Fsp3) is 0.391. The first-order valence-electron chi connectivity index (χ1n) is 9.50. The maximum Gasteiger partial charge on any atom is 0.0418 e. The highest BCUT2D eigenvalue weighted by Crippen LogP contribution is 2.34. The molecule has 0 bridgehead atoms. The second-order valence-electron chi connectivity index (χ2n) is 7.07. The van der Waals surface area contributed by atoms with Crippen molar-refractivity contribution in [2.45, 2.75) is 64.3 Å². The van der Waals surface area contributed by atoms with Gasteiger partial charge in [0, 0.05) is 16.6 Å². The van der Waals surface area contributed by atoms with Crippen LogP contribution in [0.4, 0.5) is 0 Å². The zero-order chi connectivity index (χ0) is 19.1. The molecule has 0 aliphatic carbocycles. The molecule has 0 aliphatic heterocycles. The summed E-state index contributed by atoms with van der Waals surface area (Å²) in [4.78, 5) is 1.31. The molecule has 2 aromatic carbocycles. The molecule has 26 heavy (non-hydrogen) atoms. The van der Waals surface area contributed by atoms with Gasteiger partial charge in [-0.15, -0.1) is 0 Å². The summed E-state index contributed by atoms with van der Waals surface area (Å²) in [6.45, 7) is 12.6. The molecule has 3 N–H and O–H groups in total. The summed E-state index contributed by atoms with van der Waals surface area (Å²) >= 11 is 1.65. The van der Waals surface area contributed by atoms with Crippen molar-refractivity contribution in [2.75, 3.05) is 0 Å². The molecule has 2 aromatic rings. The van der Waals surface area contributed by atoms with Crippen molar-refractivity contribution in [1.29, 1.82) is 0 Å². The van der Waals surface area contributed by atoms with Gasteiger partial charge in [-0.1, -0.05) is 68.3 Å². The van der Waals surface area contributed by atoms with Gasteiger partial charge < -0.3 is 10.5 Å². The van der Waals surface area contributed by atoms with Crippen LogP contribution in [0.5, 0.6) is 0 Å². The largest absolute Gasteiger partial charge is 0.328 e. The molecule has 0 aromatic heterocycles. The van der Waals surface area contributed by atoms with Crippen LogP contribution in [0, 0.1) is 13.8 Å². The molecule has 140 valence electrons. The summed E-state index contributed by atoms with van der Waals surface area (Å²) in [6, 6.07) is 13.2. The zero-order valence-corrected chi connectivity index (χ0v) is 17.4. The van der Waals surface area contributed by atoms with E-state index in [1.807, 2.05) is 6.92 Å². The van der Waals surface area contributed by atoms with Crippen molar-refractivity contribution in [3.63, 3.8) is 0 Å². The van der Waals surface area contributed by atoms with Gasteiger partial charge in [0.15, 0.2) is 0 Å². The average molecular weight is 369 g/mol. The van der Waals surface area contributed by atoms with E-state index < -0.39 is 0 Å². The van der Waals surface area contributed by atoms with Crippen LogP contribution >= 0.6 is 11.9 Å². The molecule has 1 atom stereocenters. The molecule has 0 amide bonds. The maximum atomic E-state index is 5.94. The molecule has 0 saturated carbocycles. The standard InChI is InChI=1S/C23H32N2S/c1-6-7-8-11-20-13-14-22(21-12-9-10-16(2)15-21)17(3)23(20)26-25-19(5)18(4)24/h9-10,12-15,18,25H,5-8,11,24H2,1-4H3. The fourth-order valence-electron chi connectivity index (χ4n) is 2.99. The molecule has 0 spiro atoms. The lowest BCUT2D eigenvalue weighted by Gasteiger charge is -2.19. The number of hydrogen-bond acceptors (Lipinski definition) is 3. The number of hydrogen-bond donors (Lipinski definition) is 2. The molecule has 0 aliphatic rings. The van der Waals surface area contributed by atoms with Crippen LogP contribution in [-0.4, -0.2) is 6.04 Å². The molecule has 3 heteroatoms. The van der Waals surface area contributed by atoms with Crippen LogP contribution in [0.3, 0.4) is 0 Å². The highest BCUT2D eigenvalue weighted by atomic mass is 32.2. The van der Waals surface area contributed by atoms with E-state index in [2.05, 4.69) is 68.5 Å². The van der Waals surface area contributed by atoms with Crippen LogP contribution in [0.25, 0.3) is 11.1 Å². The number of nitrogens with two attached hydrogens (primary N) is 1. The molecule has 0 heterocycles. The number of nitrogens with one attached hydrogen (secondary N) is 1. The Bertz CT molecular complexity index is 750. The van der Waals surface area contributed by atoms with E-state index in [9.17, 15) is 0 Å². The van der Waals surface area contributed by atoms with E-state index in [1.165, 1.54) is 52.0 Å². The fourth-order valence-corrected chi connectivity index (χ4v) is 3.97. The van der Waals surface area contributed by atoms with Crippen molar-refractivity contribution in [3.8, 4) is 11.1 Å². The van der Waals surface area contributed by atoms with Gasteiger partial charge in [0.2, 0.25) is 0 Å². The zero-order valence-electron chi connectivity index (χ0n) is 16.6. The van der Waals surface area contributed by atoms with Crippen molar-refractivity contribution in [3.05, 3.63) is 65.4 Å². The molecule has 0 saturated heterocycles. The van der Waals surface area contributed by atoms with Gasteiger partial charge >= 0.3 is 0 Å². The Balaban J connectivity index is 2.37. The lowest BCUT2D eigenvalue weighted by atomic mass is 9.95. The smallest absolute Gasteiger partial charge is 0.0418 e. The van der Waals surface area contributed by atoms with Crippen LogP contribution < -0.4 is 10.5 Å². The molecule has 2 nitrogen and oxygen atoms in total. The Hall–Kier alpha value is -1.71. The Morgan fingerprint density at radius 3 is 2.62 bits per heavy atom. The van der Waals surface area contributed by atoms with Gasteiger partial charge in [-0.05, 0) is 67.8 Å². The second kappa shape index (κ2) is 9.84. The van der Waals surface area contributed by atoms with Gasteiger partial charge in [-0.2, -0.15) is 0 Å². The molecule has 1 unspecified atom stereocenters. The highest BCUT2D eigenvalue weighted by molar-refractivity contribution is 7.97. The second-order valence-corrected chi connectivity index (χ2v) is 7.89. The Kier molecular flexibility index (Phi) is 7.80. The van der Waals surface area contributed by atoms with E-state index in [0.29, 0.717) is 0 Å². The van der Waals surface area contributed by atoms with Crippen molar-refractivity contribution in [2.24, 2.45) is 5.73 Å². The van der Waals surface area contributed by atoms with E-state index in [1.54, 1.807) is 11.9 Å². The molecular weight excluding hydrogens is 336 g/mol. The van der Waals surface area contributed by atoms with Crippen molar-refractivity contribution < 1.29 is 0 Å². The van der Waals surface area contributed by atoms with E-state index in [4.69, 9.17) is 5.73 Å². The van der Waals surface area contributed by atoms with E-state index in [0.717, 1.165) is 12.1 Å². The molecule has 0 fully saturated rings. The number of benzene rings is 2. The average Bonchev–Trinajstić information content (AvgIpc) is 2.61. The highest BCUT2D eigenvalue weighted by Gasteiger charge is 2.13. The number of aryl methyl sites for hydroxylation is 2. The first kappa shape index (κ1) is 20.6. The lowest BCUT2D eigenvalue weighted by Crippen LogP contribution is -2.24. The number of rotatable bonds is 9. The summed E-state index contributed by atoms with van der Waals surface area (Å²) in [5.74, 6) is 0. The minimum atomic E-state index is -0.0636. The summed E-state index contributed by atoms with van der Waals surface area (Å²) in [5.41, 5.74) is 13.4. The van der Waals surface area contributed by atoms with Gasteiger partial charge in [0.05, 0.1) is 0 Å². The minimum Gasteiger partial charge on any atom is -0.328 e. The van der Waals surface area contributed by atoms with Crippen LogP contribution in [0.2, 0.25) is 0 Å². The maximum absolute atomic E-state index is 5.94. The van der Waals surface area contributed by atoms with Crippen molar-refractivity contribution >= 4 is 11.9 Å². The minimum absolute atomic E-state index is 0.0636. The molecular formula is C23H32N2S. The number of unbranched alkanes of at least 4 members (excludes halogenated alkanes) is 2. The first-order chi connectivity index (χ1) is 12.4. The topological polar surface area (TPSA) is 38.0 Å². The van der Waals surface area contributed by atoms with Crippen LogP contribution in [0.15, 0.2) is 53.6 Å². The predicted octanol–water partition coefficient (Wildman–Crippen LogP) is 6.16. The van der Waals surface area contributed by atoms with E-state index >= 15 is 0 Å². The monoisotopic (exact) mass is 368 g/mol. The lowest BCUT2D eigenvalue weighted by molar-refractivity contribution is 0.711. The normalized spacial score (nSPS) is 12.0. The van der Waals surface area contributed by atoms with Gasteiger partial charge in [-0.25, -0.2) is 0 Å². The predicted molar refractivity (Wildman–Crippen MR) is 116 cm³/mol. The Morgan fingerprint density at radius 2 is 1.96 bits per heavy atom. The molecule has 0 radical (unpaired) electrons. The summed E-state index contributed by atoms with van der Waals surface area (Å²) in [5, 5.41) is 0. The van der Waals surface area contributed by atoms with E-state index in [-0.39, 0.29) is 6.04 Å². The summed E-state index contributed by atoms with van der Waals surface area (Å²) < 4.78 is 3.36. The van der Waals surface area contributed by atoms with Gasteiger partial charge in [-0.3, -0.25) is 0 Å². The van der Waals surface area contributed by atoms with Gasteiger partial charge in [0.1, 0.15) is 0 Å². The van der Waals surface area contributed by atoms with Crippen LogP contribution in [0.1, 0.15) is 49.8 Å². The Morgan fingerprint density at radius 1 is 1.19 bits per heavy atom. The van der Waals surface area contributed by atoms with Gasteiger partial charge in [0.25, 0.3) is 0 Å². The summed E-state index contributed by atoms with van der Waals surface area (Å²) in [7, 11) is 0. The third-order valence-corrected chi connectivity index (χ3v) is 5.84. The van der Waals surface area contributed by atoms with Crippen molar-refractivity contribution in [1.82, 2.24) is 4.72 Å². The molecule has 2 rings (SSSR count). The first-order valence-corrected chi connectivity index (χ1v) is 10.3.